The summed E-state index contributed by atoms with van der Waals surface area (Å²) in [6, 6.07) is 1.60. The van der Waals surface area contributed by atoms with E-state index in [0.29, 0.717) is 17.8 Å². The van der Waals surface area contributed by atoms with E-state index in [-0.39, 0.29) is 5.91 Å². The molecule has 0 unspecified atom stereocenters. The summed E-state index contributed by atoms with van der Waals surface area (Å²) >= 11 is 0. The first-order valence-corrected chi connectivity index (χ1v) is 5.12. The van der Waals surface area contributed by atoms with E-state index < -0.39 is 0 Å². The largest absolute Gasteiger partial charge is 0.398 e. The van der Waals surface area contributed by atoms with E-state index in [1.807, 2.05) is 13.2 Å². The predicted octanol–water partition coefficient (Wildman–Crippen LogP) is 0.327. The lowest BCUT2D eigenvalue weighted by Gasteiger charge is -2.05. The summed E-state index contributed by atoms with van der Waals surface area (Å²) in [7, 11) is 1.82. The van der Waals surface area contributed by atoms with Crippen molar-refractivity contribution in [1.29, 1.82) is 0 Å². The van der Waals surface area contributed by atoms with Gasteiger partial charge in [0.1, 0.15) is 0 Å². The smallest absolute Gasteiger partial charge is 0.255 e. The minimum absolute atomic E-state index is 0.237. The van der Waals surface area contributed by atoms with Gasteiger partial charge in [-0.15, -0.1) is 0 Å². The normalized spacial score (nSPS) is 10.2. The number of hydrogen-bond donors (Lipinski definition) is 2. The zero-order valence-corrected chi connectivity index (χ0v) is 9.42. The van der Waals surface area contributed by atoms with Gasteiger partial charge < -0.3 is 11.1 Å². The fourth-order valence-corrected chi connectivity index (χ4v) is 1.44. The maximum Gasteiger partial charge on any atom is 0.255 e. The summed E-state index contributed by atoms with van der Waals surface area (Å²) in [5.41, 5.74) is 7.42. The molecule has 0 aliphatic rings. The highest BCUT2D eigenvalue weighted by Gasteiger charge is 2.09. The molecule has 0 fully saturated rings. The molecule has 2 rings (SSSR count). The van der Waals surface area contributed by atoms with Gasteiger partial charge in [0.15, 0.2) is 0 Å². The minimum atomic E-state index is -0.237. The van der Waals surface area contributed by atoms with Crippen molar-refractivity contribution in [2.45, 2.75) is 6.54 Å². The number of carbonyl (C=O) groups is 1. The number of aryl methyl sites for hydroxylation is 1. The van der Waals surface area contributed by atoms with Crippen molar-refractivity contribution in [3.8, 4) is 0 Å². The third-order valence-corrected chi connectivity index (χ3v) is 2.31. The first-order valence-electron chi connectivity index (χ1n) is 5.12. The van der Waals surface area contributed by atoms with E-state index in [2.05, 4.69) is 15.4 Å². The number of anilines is 1. The van der Waals surface area contributed by atoms with E-state index in [1.54, 1.807) is 23.1 Å². The zero-order chi connectivity index (χ0) is 12.3. The fourth-order valence-electron chi connectivity index (χ4n) is 1.44. The van der Waals surface area contributed by atoms with Crippen LogP contribution >= 0.6 is 0 Å². The maximum absolute atomic E-state index is 11.8. The van der Waals surface area contributed by atoms with Gasteiger partial charge in [-0.2, -0.15) is 5.10 Å². The maximum atomic E-state index is 11.8. The molecule has 6 heteroatoms. The van der Waals surface area contributed by atoms with Gasteiger partial charge >= 0.3 is 0 Å². The molecule has 17 heavy (non-hydrogen) atoms. The van der Waals surface area contributed by atoms with Gasteiger partial charge in [0.05, 0.1) is 11.8 Å². The molecular weight excluding hydrogens is 218 g/mol. The Morgan fingerprint density at radius 2 is 2.35 bits per heavy atom. The van der Waals surface area contributed by atoms with Crippen LogP contribution in [-0.2, 0) is 13.6 Å². The number of nitrogen functional groups attached to an aromatic ring is 1. The van der Waals surface area contributed by atoms with Crippen LogP contribution in [0.2, 0.25) is 0 Å². The Kier molecular flexibility index (Phi) is 3.04. The monoisotopic (exact) mass is 231 g/mol. The number of aromatic nitrogens is 3. The summed E-state index contributed by atoms with van der Waals surface area (Å²) < 4.78 is 1.68. The number of rotatable bonds is 3. The van der Waals surface area contributed by atoms with Crippen LogP contribution < -0.4 is 11.1 Å². The van der Waals surface area contributed by atoms with Gasteiger partial charge in [0.2, 0.25) is 0 Å². The second-order valence-corrected chi connectivity index (χ2v) is 3.67. The lowest BCUT2D eigenvalue weighted by Crippen LogP contribution is -2.23. The molecule has 0 aromatic carbocycles. The third-order valence-electron chi connectivity index (χ3n) is 2.31. The van der Waals surface area contributed by atoms with Gasteiger partial charge in [-0.05, 0) is 6.07 Å². The highest BCUT2D eigenvalue weighted by Crippen LogP contribution is 2.08. The Bertz CT molecular complexity index is 534. The molecule has 0 spiro atoms. The van der Waals surface area contributed by atoms with Crippen molar-refractivity contribution < 1.29 is 4.79 Å². The van der Waals surface area contributed by atoms with Crippen LogP contribution in [0.3, 0.4) is 0 Å². The van der Waals surface area contributed by atoms with Gasteiger partial charge in [-0.25, -0.2) is 0 Å². The molecule has 0 bridgehead atoms. The van der Waals surface area contributed by atoms with E-state index in [1.165, 1.54) is 6.20 Å². The fraction of sp³-hybridized carbons (Fsp3) is 0.182. The molecule has 0 saturated heterocycles. The molecule has 2 heterocycles. The molecule has 3 N–H and O–H groups in total. The molecule has 6 nitrogen and oxygen atoms in total. The second kappa shape index (κ2) is 4.65. The van der Waals surface area contributed by atoms with Crippen molar-refractivity contribution in [2.75, 3.05) is 5.73 Å². The van der Waals surface area contributed by atoms with Crippen molar-refractivity contribution in [1.82, 2.24) is 20.1 Å². The van der Waals surface area contributed by atoms with E-state index in [9.17, 15) is 4.79 Å². The summed E-state index contributed by atoms with van der Waals surface area (Å²) in [5.74, 6) is -0.237. The Labute approximate surface area is 98.5 Å². The van der Waals surface area contributed by atoms with Gasteiger partial charge in [-0.3, -0.25) is 14.5 Å². The molecule has 1 amide bonds. The summed E-state index contributed by atoms with van der Waals surface area (Å²) in [6.07, 6.45) is 6.54. The second-order valence-electron chi connectivity index (χ2n) is 3.67. The van der Waals surface area contributed by atoms with Crippen molar-refractivity contribution in [2.24, 2.45) is 7.05 Å². The van der Waals surface area contributed by atoms with Crippen molar-refractivity contribution >= 4 is 11.6 Å². The zero-order valence-electron chi connectivity index (χ0n) is 9.42. The minimum Gasteiger partial charge on any atom is -0.398 e. The third kappa shape index (κ3) is 2.60. The van der Waals surface area contributed by atoms with Crippen LogP contribution in [0.25, 0.3) is 0 Å². The van der Waals surface area contributed by atoms with Crippen LogP contribution in [0.15, 0.2) is 30.9 Å². The lowest BCUT2D eigenvalue weighted by atomic mass is 10.2. The van der Waals surface area contributed by atoms with E-state index in [0.717, 1.165) is 5.56 Å². The molecule has 2 aromatic rings. The first kappa shape index (κ1) is 11.1. The average Bonchev–Trinajstić information content (AvgIpc) is 2.73. The van der Waals surface area contributed by atoms with Crippen LogP contribution in [-0.4, -0.2) is 20.7 Å². The number of pyridine rings is 1. The molecule has 2 aromatic heterocycles. The number of hydrogen-bond acceptors (Lipinski definition) is 4. The number of amides is 1. The molecule has 0 saturated carbocycles. The Hall–Kier alpha value is -2.37. The Morgan fingerprint density at radius 1 is 1.53 bits per heavy atom. The van der Waals surface area contributed by atoms with E-state index in [4.69, 9.17) is 5.73 Å². The average molecular weight is 231 g/mol. The standard InChI is InChI=1S/C11H13N5O/c1-16-7-8(5-15-16)4-14-11(17)9-6-13-3-2-10(9)12/h2-3,5-7H,4H2,1H3,(H2,12,13)(H,14,17). The molecule has 0 aliphatic carbocycles. The highest BCUT2D eigenvalue weighted by atomic mass is 16.1. The molecule has 0 aliphatic heterocycles. The van der Waals surface area contributed by atoms with Crippen molar-refractivity contribution in [3.05, 3.63) is 42.0 Å². The van der Waals surface area contributed by atoms with Crippen LogP contribution in [0.1, 0.15) is 15.9 Å². The van der Waals surface area contributed by atoms with E-state index >= 15 is 0 Å². The van der Waals surface area contributed by atoms with Gasteiger partial charge in [-0.1, -0.05) is 0 Å². The number of nitrogens with two attached hydrogens (primary N) is 1. The Morgan fingerprint density at radius 3 is 3.00 bits per heavy atom. The molecule has 88 valence electrons. The molecular formula is C11H13N5O. The van der Waals surface area contributed by atoms with Gasteiger partial charge in [0, 0.05) is 43.4 Å². The van der Waals surface area contributed by atoms with Crippen LogP contribution in [0.5, 0.6) is 0 Å². The lowest BCUT2D eigenvalue weighted by molar-refractivity contribution is 0.0951. The number of nitrogens with zero attached hydrogens (tertiary/aromatic N) is 3. The van der Waals surface area contributed by atoms with Crippen LogP contribution in [0.4, 0.5) is 5.69 Å². The number of carbonyl (C=O) groups excluding carboxylic acids is 1. The first-order chi connectivity index (χ1) is 8.16. The number of nitrogens with one attached hydrogen (secondary N) is 1. The van der Waals surface area contributed by atoms with Crippen LogP contribution in [0, 0.1) is 0 Å². The summed E-state index contributed by atoms with van der Waals surface area (Å²) in [5, 5.41) is 6.77. The van der Waals surface area contributed by atoms with Crippen molar-refractivity contribution in [3.63, 3.8) is 0 Å². The summed E-state index contributed by atoms with van der Waals surface area (Å²) in [4.78, 5) is 15.7. The SMILES string of the molecule is Cn1cc(CNC(=O)c2cnccc2N)cn1. The molecule has 0 atom stereocenters. The quantitative estimate of drug-likeness (QED) is 0.797. The predicted molar refractivity (Wildman–Crippen MR) is 63.0 cm³/mol. The molecule has 0 radical (unpaired) electrons. The van der Waals surface area contributed by atoms with Gasteiger partial charge in [0.25, 0.3) is 5.91 Å². The topological polar surface area (TPSA) is 85.8 Å². The summed E-state index contributed by atoms with van der Waals surface area (Å²) in [6.45, 7) is 0.418. The Balaban J connectivity index is 2.01. The highest BCUT2D eigenvalue weighted by molar-refractivity contribution is 5.98.